The van der Waals surface area contributed by atoms with E-state index >= 15 is 0 Å². The summed E-state index contributed by atoms with van der Waals surface area (Å²) in [5.41, 5.74) is 5.80. The fourth-order valence-electron chi connectivity index (χ4n) is 3.77. The van der Waals surface area contributed by atoms with Crippen LogP contribution >= 0.6 is 24.0 Å². The lowest BCUT2D eigenvalue weighted by molar-refractivity contribution is -0.137. The molecule has 1 aliphatic carbocycles. The van der Waals surface area contributed by atoms with Gasteiger partial charge in [-0.15, -0.1) is 24.0 Å². The zero-order valence-electron chi connectivity index (χ0n) is 15.6. The van der Waals surface area contributed by atoms with Crippen LogP contribution in [0.15, 0.2) is 29.3 Å². The van der Waals surface area contributed by atoms with Gasteiger partial charge < -0.3 is 11.1 Å². The maximum absolute atomic E-state index is 12.9. The second kappa shape index (κ2) is 8.98. The van der Waals surface area contributed by atoms with Gasteiger partial charge in [-0.25, -0.2) is 0 Å². The van der Waals surface area contributed by atoms with Gasteiger partial charge in [0.1, 0.15) is 0 Å². The van der Waals surface area contributed by atoms with E-state index in [4.69, 9.17) is 5.73 Å². The summed E-state index contributed by atoms with van der Waals surface area (Å²) in [7, 11) is 0. The van der Waals surface area contributed by atoms with Crippen molar-refractivity contribution in [2.45, 2.75) is 50.2 Å². The molecule has 1 aromatic carbocycles. The normalized spacial score (nSPS) is 22.4. The van der Waals surface area contributed by atoms with E-state index in [1.54, 1.807) is 6.07 Å². The number of nitrogens with two attached hydrogens (primary N) is 1. The lowest BCUT2D eigenvalue weighted by Crippen LogP contribution is -2.43. The van der Waals surface area contributed by atoms with Crippen LogP contribution < -0.4 is 11.1 Å². The molecule has 0 bridgehead atoms. The summed E-state index contributed by atoms with van der Waals surface area (Å²) in [4.78, 5) is 6.84. The van der Waals surface area contributed by atoms with Gasteiger partial charge in [0.25, 0.3) is 0 Å². The molecule has 1 atom stereocenters. The predicted octanol–water partition coefficient (Wildman–Crippen LogP) is 3.74. The van der Waals surface area contributed by atoms with E-state index in [0.29, 0.717) is 24.1 Å². The molecule has 152 valence electrons. The van der Waals surface area contributed by atoms with E-state index in [-0.39, 0.29) is 29.4 Å². The van der Waals surface area contributed by atoms with Gasteiger partial charge in [-0.05, 0) is 50.4 Å². The minimum absolute atomic E-state index is 0. The third kappa shape index (κ3) is 5.49. The molecular weight excluding hydrogens is 468 g/mol. The SMILES string of the molecule is CCN1CCCC1CNC(N)=NCC1(c2cccc(C(F)(F)F)c2)CC1.I. The van der Waals surface area contributed by atoms with E-state index in [9.17, 15) is 13.2 Å². The van der Waals surface area contributed by atoms with E-state index in [2.05, 4.69) is 22.1 Å². The number of hydrogen-bond donors (Lipinski definition) is 2. The topological polar surface area (TPSA) is 53.6 Å². The summed E-state index contributed by atoms with van der Waals surface area (Å²) < 4.78 is 38.8. The number of halogens is 4. The van der Waals surface area contributed by atoms with E-state index in [1.165, 1.54) is 18.6 Å². The highest BCUT2D eigenvalue weighted by molar-refractivity contribution is 14.0. The van der Waals surface area contributed by atoms with Crippen LogP contribution in [0.4, 0.5) is 13.2 Å². The Balaban J connectivity index is 0.00000261. The first kappa shape index (κ1) is 22.3. The Hall–Kier alpha value is -1.03. The molecule has 8 heteroatoms. The van der Waals surface area contributed by atoms with Gasteiger partial charge in [0, 0.05) is 18.0 Å². The van der Waals surface area contributed by atoms with Gasteiger partial charge in [0.15, 0.2) is 5.96 Å². The fourth-order valence-corrected chi connectivity index (χ4v) is 3.77. The number of hydrogen-bond acceptors (Lipinski definition) is 2. The molecule has 4 nitrogen and oxygen atoms in total. The number of likely N-dealkylation sites (N-methyl/N-ethyl adjacent to an activating group) is 1. The van der Waals surface area contributed by atoms with Crippen molar-refractivity contribution in [3.8, 4) is 0 Å². The first-order valence-electron chi connectivity index (χ1n) is 9.30. The van der Waals surface area contributed by atoms with Crippen molar-refractivity contribution >= 4 is 29.9 Å². The molecule has 1 heterocycles. The molecule has 0 amide bonds. The van der Waals surface area contributed by atoms with Crippen LogP contribution in [0.3, 0.4) is 0 Å². The monoisotopic (exact) mass is 496 g/mol. The second-order valence-corrected chi connectivity index (χ2v) is 7.37. The number of benzene rings is 1. The molecule has 1 unspecified atom stereocenters. The van der Waals surface area contributed by atoms with Crippen LogP contribution in [0.2, 0.25) is 0 Å². The second-order valence-electron chi connectivity index (χ2n) is 7.37. The van der Waals surface area contributed by atoms with E-state index in [1.807, 2.05) is 0 Å². The Morgan fingerprint density at radius 2 is 2.11 bits per heavy atom. The Morgan fingerprint density at radius 1 is 1.37 bits per heavy atom. The van der Waals surface area contributed by atoms with Crippen LogP contribution in [0.1, 0.15) is 43.7 Å². The smallest absolute Gasteiger partial charge is 0.370 e. The van der Waals surface area contributed by atoms with Gasteiger partial charge in [-0.2, -0.15) is 13.2 Å². The molecule has 0 radical (unpaired) electrons. The largest absolute Gasteiger partial charge is 0.416 e. The van der Waals surface area contributed by atoms with Gasteiger partial charge in [-0.3, -0.25) is 9.89 Å². The summed E-state index contributed by atoms with van der Waals surface area (Å²) >= 11 is 0. The number of nitrogens with zero attached hydrogens (tertiary/aromatic N) is 2. The van der Waals surface area contributed by atoms with Gasteiger partial charge in [-0.1, -0.05) is 25.1 Å². The molecule has 2 fully saturated rings. The van der Waals surface area contributed by atoms with Gasteiger partial charge in [0.2, 0.25) is 0 Å². The van der Waals surface area contributed by atoms with E-state index < -0.39 is 11.7 Å². The lowest BCUT2D eigenvalue weighted by Gasteiger charge is -2.23. The number of aliphatic imine (C=N–C) groups is 1. The molecule has 2 aliphatic rings. The van der Waals surface area contributed by atoms with Crippen molar-refractivity contribution in [3.63, 3.8) is 0 Å². The van der Waals surface area contributed by atoms with E-state index in [0.717, 1.165) is 45.0 Å². The Bertz CT molecular complexity index is 659. The molecule has 3 rings (SSSR count). The first-order chi connectivity index (χ1) is 12.3. The molecule has 1 aromatic rings. The average Bonchev–Trinajstić information content (AvgIpc) is 3.28. The number of guanidine groups is 1. The van der Waals surface area contributed by atoms with Crippen molar-refractivity contribution in [1.82, 2.24) is 10.2 Å². The molecule has 27 heavy (non-hydrogen) atoms. The molecule has 1 saturated carbocycles. The quantitative estimate of drug-likeness (QED) is 0.359. The highest BCUT2D eigenvalue weighted by Crippen LogP contribution is 2.49. The Morgan fingerprint density at radius 3 is 2.74 bits per heavy atom. The Kier molecular flexibility index (Phi) is 7.40. The zero-order chi connectivity index (χ0) is 18.8. The van der Waals surface area contributed by atoms with Crippen LogP contribution in [0.5, 0.6) is 0 Å². The number of rotatable bonds is 6. The third-order valence-electron chi connectivity index (χ3n) is 5.63. The highest BCUT2D eigenvalue weighted by Gasteiger charge is 2.45. The van der Waals surface area contributed by atoms with Crippen molar-refractivity contribution in [3.05, 3.63) is 35.4 Å². The third-order valence-corrected chi connectivity index (χ3v) is 5.63. The summed E-state index contributed by atoms with van der Waals surface area (Å²) in [6, 6.07) is 6.08. The molecule has 1 saturated heterocycles. The minimum Gasteiger partial charge on any atom is -0.370 e. The van der Waals surface area contributed by atoms with Crippen LogP contribution in [-0.2, 0) is 11.6 Å². The van der Waals surface area contributed by atoms with Crippen LogP contribution in [-0.4, -0.2) is 43.1 Å². The predicted molar refractivity (Wildman–Crippen MR) is 113 cm³/mol. The summed E-state index contributed by atoms with van der Waals surface area (Å²) in [6.45, 7) is 5.50. The molecular formula is C19H28F3IN4. The molecule has 3 N–H and O–H groups in total. The molecule has 0 aromatic heterocycles. The van der Waals surface area contributed by atoms with Crippen molar-refractivity contribution < 1.29 is 13.2 Å². The number of likely N-dealkylation sites (tertiary alicyclic amines) is 1. The lowest BCUT2D eigenvalue weighted by atomic mass is 9.94. The van der Waals surface area contributed by atoms with Gasteiger partial charge >= 0.3 is 6.18 Å². The highest BCUT2D eigenvalue weighted by atomic mass is 127. The first-order valence-corrected chi connectivity index (χ1v) is 9.30. The maximum Gasteiger partial charge on any atom is 0.416 e. The minimum atomic E-state index is -4.32. The summed E-state index contributed by atoms with van der Waals surface area (Å²) in [5, 5.41) is 3.18. The van der Waals surface area contributed by atoms with Crippen molar-refractivity contribution in [1.29, 1.82) is 0 Å². The Labute approximate surface area is 175 Å². The standard InChI is InChI=1S/C19H27F3N4.HI/c1-2-26-10-4-7-16(26)12-24-17(23)25-13-18(8-9-18)14-5-3-6-15(11-14)19(20,21)22;/h3,5-6,11,16H,2,4,7-10,12-13H2,1H3,(H3,23,24,25);1H. The zero-order valence-corrected chi connectivity index (χ0v) is 17.9. The van der Waals surface area contributed by atoms with Crippen LogP contribution in [0.25, 0.3) is 0 Å². The van der Waals surface area contributed by atoms with Gasteiger partial charge in [0.05, 0.1) is 12.1 Å². The average molecular weight is 496 g/mol. The number of alkyl halides is 3. The molecule has 1 aliphatic heterocycles. The summed E-state index contributed by atoms with van der Waals surface area (Å²) in [6.07, 6.45) is -0.269. The van der Waals surface area contributed by atoms with Crippen molar-refractivity contribution in [2.24, 2.45) is 10.7 Å². The fraction of sp³-hybridized carbons (Fsp3) is 0.632. The molecule has 0 spiro atoms. The van der Waals surface area contributed by atoms with Crippen LogP contribution in [0, 0.1) is 0 Å². The summed E-state index contributed by atoms with van der Waals surface area (Å²) in [5.74, 6) is 0.381. The van der Waals surface area contributed by atoms with Crippen molar-refractivity contribution in [2.75, 3.05) is 26.2 Å². The number of nitrogens with one attached hydrogen (secondary N) is 1. The maximum atomic E-state index is 12.9.